The smallest absolute Gasteiger partial charge is 0.107 e. The van der Waals surface area contributed by atoms with Gasteiger partial charge in [0.05, 0.1) is 0 Å². The van der Waals surface area contributed by atoms with E-state index in [0.717, 1.165) is 19.6 Å². The van der Waals surface area contributed by atoms with Crippen molar-refractivity contribution < 1.29 is 23.3 Å². The van der Waals surface area contributed by atoms with Gasteiger partial charge in [-0.15, -0.1) is 0 Å². The van der Waals surface area contributed by atoms with Crippen LogP contribution >= 0.6 is 0 Å². The molecule has 0 unspecified atom stereocenters. The second-order valence-electron chi connectivity index (χ2n) is 3.00. The first-order chi connectivity index (χ1) is 5.22. The molecule has 1 fully saturated rings. The zero-order valence-electron chi connectivity index (χ0n) is 7.63. The van der Waals surface area contributed by atoms with Crippen molar-refractivity contribution in [2.75, 3.05) is 33.8 Å². The Kier molecular flexibility index (Phi) is 4.94. The molecule has 0 spiro atoms. The molecule has 0 aromatic heterocycles. The summed E-state index contributed by atoms with van der Waals surface area (Å²) in [5.41, 5.74) is -0.000556. The molecule has 0 aromatic carbocycles. The average molecular weight is 206 g/mol. The number of methoxy groups -OCH3 is 1. The van der Waals surface area contributed by atoms with Crippen molar-refractivity contribution in [1.29, 1.82) is 0 Å². The van der Waals surface area contributed by atoms with Crippen molar-refractivity contribution in [1.82, 2.24) is 10.2 Å². The number of rotatable bonds is 4. The molecule has 12 heavy (non-hydrogen) atoms. The Morgan fingerprint density at radius 1 is 1.67 bits per heavy atom. The Balaban J connectivity index is 0.00000121. The van der Waals surface area contributed by atoms with Gasteiger partial charge in [-0.05, 0) is 7.05 Å². The van der Waals surface area contributed by atoms with Crippen LogP contribution in [-0.4, -0.2) is 44.3 Å². The third kappa shape index (κ3) is 2.52. The van der Waals surface area contributed by atoms with Crippen molar-refractivity contribution in [3.05, 3.63) is 12.8 Å². The van der Waals surface area contributed by atoms with Crippen molar-refractivity contribution >= 4 is 0 Å². The maximum atomic E-state index is 5.37. The summed E-state index contributed by atoms with van der Waals surface area (Å²) in [5.74, 6) is 0. The number of hydrogen-bond donors (Lipinski definition) is 1. The molecule has 1 aliphatic heterocycles. The van der Waals surface area contributed by atoms with Crippen LogP contribution in [-0.2, 0) is 23.3 Å². The second-order valence-corrected chi connectivity index (χ2v) is 3.00. The molecule has 1 rings (SSSR count). The number of likely N-dealkylation sites (N-methyl/N-ethyl adjacent to an activating group) is 1. The van der Waals surface area contributed by atoms with Gasteiger partial charge < -0.3 is 21.2 Å². The summed E-state index contributed by atoms with van der Waals surface area (Å²) in [7, 11) is 3.70. The molecule has 0 atom stereocenters. The maximum Gasteiger partial charge on any atom is 0.107 e. The van der Waals surface area contributed by atoms with Crippen LogP contribution in [0, 0.1) is 6.20 Å². The molecule has 1 radical (unpaired) electrons. The van der Waals surface area contributed by atoms with Crippen LogP contribution < -0.4 is 5.32 Å². The van der Waals surface area contributed by atoms with Crippen molar-refractivity contribution in [2.45, 2.75) is 5.60 Å². The molecular weight excluding hydrogens is 191 g/mol. The summed E-state index contributed by atoms with van der Waals surface area (Å²) in [6, 6.07) is 0. The molecule has 0 saturated carbocycles. The number of nitrogens with one attached hydrogen (secondary N) is 1. The van der Waals surface area contributed by atoms with Gasteiger partial charge in [-0.3, -0.25) is 6.58 Å². The topological polar surface area (TPSA) is 24.5 Å². The summed E-state index contributed by atoms with van der Waals surface area (Å²) in [5, 5.41) is 3.18. The molecule has 69 valence electrons. The van der Waals surface area contributed by atoms with Crippen LogP contribution in [0.4, 0.5) is 0 Å². The molecule has 0 bridgehead atoms. The van der Waals surface area contributed by atoms with Gasteiger partial charge in [0, 0.05) is 45.3 Å². The van der Waals surface area contributed by atoms with Gasteiger partial charge in [0.15, 0.2) is 0 Å². The Morgan fingerprint density at radius 3 is 2.50 bits per heavy atom. The molecule has 3 nitrogen and oxygen atoms in total. The Hall–Kier alpha value is 0.0444. The third-order valence-electron chi connectivity index (χ3n) is 2.12. The van der Waals surface area contributed by atoms with E-state index in [9.17, 15) is 0 Å². The first kappa shape index (κ1) is 12.0. The zero-order chi connectivity index (χ0) is 8.32. The van der Waals surface area contributed by atoms with E-state index in [4.69, 9.17) is 4.74 Å². The molecule has 0 aromatic rings. The maximum absolute atomic E-state index is 5.37. The van der Waals surface area contributed by atoms with Crippen molar-refractivity contribution in [3.8, 4) is 0 Å². The zero-order valence-corrected chi connectivity index (χ0v) is 9.03. The minimum atomic E-state index is -0.000556. The molecular formula is C8H15N2OV-. The fraction of sp³-hybridized carbons (Fsp3) is 0.750. The van der Waals surface area contributed by atoms with Crippen LogP contribution in [0.1, 0.15) is 0 Å². The molecule has 1 saturated heterocycles. The fourth-order valence-electron chi connectivity index (χ4n) is 1.21. The van der Waals surface area contributed by atoms with Crippen molar-refractivity contribution in [3.63, 3.8) is 0 Å². The Morgan fingerprint density at radius 2 is 2.25 bits per heavy atom. The molecule has 4 heteroatoms. The summed E-state index contributed by atoms with van der Waals surface area (Å²) >= 11 is 0. The van der Waals surface area contributed by atoms with Gasteiger partial charge in [-0.1, -0.05) is 0 Å². The van der Waals surface area contributed by atoms with Gasteiger partial charge in [-0.2, -0.15) is 0 Å². The van der Waals surface area contributed by atoms with E-state index < -0.39 is 0 Å². The van der Waals surface area contributed by atoms with E-state index in [1.807, 2.05) is 11.9 Å². The molecule has 1 aliphatic rings. The van der Waals surface area contributed by atoms with E-state index in [1.165, 1.54) is 0 Å². The largest absolute Gasteiger partial charge is 0.555 e. The number of hydrogen-bond acceptors (Lipinski definition) is 3. The minimum Gasteiger partial charge on any atom is -0.555 e. The van der Waals surface area contributed by atoms with Crippen LogP contribution in [0.2, 0.25) is 0 Å². The first-order valence-electron chi connectivity index (χ1n) is 3.72. The third-order valence-corrected chi connectivity index (χ3v) is 2.12. The summed E-state index contributed by atoms with van der Waals surface area (Å²) in [6.45, 7) is 6.28. The number of nitrogens with zero attached hydrogens (tertiary/aromatic N) is 1. The minimum absolute atomic E-state index is 0. The van der Waals surface area contributed by atoms with Gasteiger partial charge in [-0.25, -0.2) is 0 Å². The predicted octanol–water partition coefficient (Wildman–Crippen LogP) is -0.149. The number of ether oxygens (including phenoxy) is 1. The monoisotopic (exact) mass is 206 g/mol. The van der Waals surface area contributed by atoms with Gasteiger partial charge in [0.25, 0.3) is 0 Å². The summed E-state index contributed by atoms with van der Waals surface area (Å²) < 4.78 is 5.37. The van der Waals surface area contributed by atoms with Crippen molar-refractivity contribution in [2.24, 2.45) is 0 Å². The molecule has 1 heterocycles. The van der Waals surface area contributed by atoms with Gasteiger partial charge in [0.1, 0.15) is 5.60 Å². The quantitative estimate of drug-likeness (QED) is 0.511. The average Bonchev–Trinajstić information content (AvgIpc) is 1.96. The summed E-state index contributed by atoms with van der Waals surface area (Å²) in [4.78, 5) is 1.92. The molecule has 0 aliphatic carbocycles. The molecule has 1 N–H and O–H groups in total. The van der Waals surface area contributed by atoms with E-state index in [-0.39, 0.29) is 24.2 Å². The summed E-state index contributed by atoms with van der Waals surface area (Å²) in [6.07, 6.45) is 2.80. The SMILES string of the molecule is C=[C-]N(C)CC1(OC)CNC1.[V]. The van der Waals surface area contributed by atoms with Gasteiger partial charge in [0.2, 0.25) is 0 Å². The van der Waals surface area contributed by atoms with Crippen LogP contribution in [0.25, 0.3) is 0 Å². The van der Waals surface area contributed by atoms with Gasteiger partial charge >= 0.3 is 0 Å². The molecule has 0 amide bonds. The Labute approximate surface area is 86.0 Å². The van der Waals surface area contributed by atoms with E-state index in [0.29, 0.717) is 0 Å². The van der Waals surface area contributed by atoms with Crippen LogP contribution in [0.5, 0.6) is 0 Å². The van der Waals surface area contributed by atoms with E-state index in [2.05, 4.69) is 18.1 Å². The normalized spacial score (nSPS) is 18.8. The van der Waals surface area contributed by atoms with Crippen LogP contribution in [0.15, 0.2) is 6.58 Å². The fourth-order valence-corrected chi connectivity index (χ4v) is 1.21. The Bertz CT molecular complexity index is 142. The second kappa shape index (κ2) is 4.92. The standard InChI is InChI=1S/C8H15N2O.V/c1-4-10(2)7-8(11-3)5-9-6-8;/h9H,1,5-7H2,2-3H3;/q-1;. The first-order valence-corrected chi connectivity index (χ1v) is 3.72. The van der Waals surface area contributed by atoms with Crippen LogP contribution in [0.3, 0.4) is 0 Å². The predicted molar refractivity (Wildman–Crippen MR) is 44.1 cm³/mol. The van der Waals surface area contributed by atoms with E-state index in [1.54, 1.807) is 7.11 Å². The van der Waals surface area contributed by atoms with E-state index >= 15 is 0 Å².